The van der Waals surface area contributed by atoms with Gasteiger partial charge in [-0.2, -0.15) is 0 Å². The molecule has 0 unspecified atom stereocenters. The predicted octanol–water partition coefficient (Wildman–Crippen LogP) is 1.90. The van der Waals surface area contributed by atoms with Gasteiger partial charge in [0.2, 0.25) is 0 Å². The summed E-state index contributed by atoms with van der Waals surface area (Å²) in [5.41, 5.74) is 0. The van der Waals surface area contributed by atoms with Crippen molar-refractivity contribution in [3.8, 4) is 0 Å². The lowest BCUT2D eigenvalue weighted by molar-refractivity contribution is -0.146. The summed E-state index contributed by atoms with van der Waals surface area (Å²) >= 11 is 0. The molecule has 0 aliphatic heterocycles. The van der Waals surface area contributed by atoms with Crippen LogP contribution in [0.25, 0.3) is 0 Å². The quantitative estimate of drug-likeness (QED) is 0.674. The van der Waals surface area contributed by atoms with Gasteiger partial charge in [-0.15, -0.1) is 0 Å². The maximum absolute atomic E-state index is 10.4. The second-order valence-corrected chi connectivity index (χ2v) is 4.05. The number of hydrogen-bond acceptors (Lipinski definition) is 1. The van der Waals surface area contributed by atoms with Crippen LogP contribution in [-0.4, -0.2) is 11.1 Å². The van der Waals surface area contributed by atoms with Gasteiger partial charge in [0, 0.05) is 0 Å². The van der Waals surface area contributed by atoms with E-state index in [0.717, 1.165) is 24.7 Å². The fourth-order valence-corrected chi connectivity index (χ4v) is 1.95. The molecule has 0 aromatic rings. The molecule has 2 saturated carbocycles. The third-order valence-electron chi connectivity index (χ3n) is 2.95. The van der Waals surface area contributed by atoms with Crippen LogP contribution in [-0.2, 0) is 4.79 Å². The van der Waals surface area contributed by atoms with Crippen molar-refractivity contribution in [3.05, 3.63) is 0 Å². The van der Waals surface area contributed by atoms with Crippen LogP contribution in [0.2, 0.25) is 0 Å². The van der Waals surface area contributed by atoms with E-state index < -0.39 is 5.97 Å². The van der Waals surface area contributed by atoms with Gasteiger partial charge >= 0.3 is 5.97 Å². The topological polar surface area (TPSA) is 37.3 Å². The van der Waals surface area contributed by atoms with E-state index in [0.29, 0.717) is 0 Å². The molecule has 2 fully saturated rings. The summed E-state index contributed by atoms with van der Waals surface area (Å²) in [6.07, 6.45) is 6.00. The molecule has 2 rings (SSSR count). The lowest BCUT2D eigenvalue weighted by atomic mass is 9.72. The molecular formula is C9H14O2. The SMILES string of the molecule is O=C(O)C1CC(CC2CC2)C1. The largest absolute Gasteiger partial charge is 0.481 e. The number of carboxylic acid groups (broad SMARTS) is 1. The first kappa shape index (κ1) is 7.14. The van der Waals surface area contributed by atoms with E-state index in [1.54, 1.807) is 0 Å². The molecular weight excluding hydrogens is 140 g/mol. The summed E-state index contributed by atoms with van der Waals surface area (Å²) in [5, 5.41) is 8.60. The third-order valence-corrected chi connectivity index (χ3v) is 2.95. The van der Waals surface area contributed by atoms with Crippen LogP contribution in [0.1, 0.15) is 32.1 Å². The Labute approximate surface area is 66.6 Å². The minimum atomic E-state index is -0.586. The van der Waals surface area contributed by atoms with Crippen molar-refractivity contribution in [2.45, 2.75) is 32.1 Å². The summed E-state index contributed by atoms with van der Waals surface area (Å²) in [6.45, 7) is 0. The molecule has 2 aliphatic carbocycles. The molecule has 0 amide bonds. The molecule has 62 valence electrons. The minimum Gasteiger partial charge on any atom is -0.481 e. The average molecular weight is 154 g/mol. The standard InChI is InChI=1S/C9H14O2/c10-9(11)8-4-7(5-8)3-6-1-2-6/h6-8H,1-5H2,(H,10,11). The maximum Gasteiger partial charge on any atom is 0.306 e. The Morgan fingerprint density at radius 2 is 1.91 bits per heavy atom. The highest BCUT2D eigenvalue weighted by Gasteiger charge is 2.37. The molecule has 0 aromatic heterocycles. The van der Waals surface area contributed by atoms with Crippen LogP contribution in [0.15, 0.2) is 0 Å². The fraction of sp³-hybridized carbons (Fsp3) is 0.889. The molecule has 0 spiro atoms. The molecule has 0 radical (unpaired) electrons. The zero-order chi connectivity index (χ0) is 7.84. The van der Waals surface area contributed by atoms with Gasteiger partial charge in [0.1, 0.15) is 0 Å². The van der Waals surface area contributed by atoms with Gasteiger partial charge in [-0.3, -0.25) is 4.79 Å². The van der Waals surface area contributed by atoms with Crippen molar-refractivity contribution in [1.82, 2.24) is 0 Å². The number of aliphatic carboxylic acids is 1. The summed E-state index contributed by atoms with van der Waals surface area (Å²) in [5.74, 6) is 1.13. The Morgan fingerprint density at radius 1 is 1.27 bits per heavy atom. The van der Waals surface area contributed by atoms with E-state index >= 15 is 0 Å². The van der Waals surface area contributed by atoms with Gasteiger partial charge in [-0.25, -0.2) is 0 Å². The molecule has 0 atom stereocenters. The molecule has 0 aromatic carbocycles. The molecule has 0 saturated heterocycles. The first-order chi connectivity index (χ1) is 5.25. The molecule has 2 nitrogen and oxygen atoms in total. The molecule has 11 heavy (non-hydrogen) atoms. The van der Waals surface area contributed by atoms with Crippen LogP contribution in [0.3, 0.4) is 0 Å². The van der Waals surface area contributed by atoms with Crippen LogP contribution in [0, 0.1) is 17.8 Å². The number of carboxylic acids is 1. The summed E-state index contributed by atoms with van der Waals surface area (Å²) in [4.78, 5) is 10.4. The zero-order valence-electron chi connectivity index (χ0n) is 6.62. The van der Waals surface area contributed by atoms with E-state index in [2.05, 4.69) is 0 Å². The molecule has 2 heteroatoms. The van der Waals surface area contributed by atoms with Crippen LogP contribution >= 0.6 is 0 Å². The van der Waals surface area contributed by atoms with E-state index in [1.807, 2.05) is 0 Å². The minimum absolute atomic E-state index is 0.00116. The maximum atomic E-state index is 10.4. The van der Waals surface area contributed by atoms with Crippen molar-refractivity contribution in [3.63, 3.8) is 0 Å². The van der Waals surface area contributed by atoms with Crippen molar-refractivity contribution in [2.24, 2.45) is 17.8 Å². The van der Waals surface area contributed by atoms with Crippen LogP contribution in [0.4, 0.5) is 0 Å². The summed E-state index contributed by atoms with van der Waals surface area (Å²) < 4.78 is 0. The Morgan fingerprint density at radius 3 is 2.36 bits per heavy atom. The van der Waals surface area contributed by atoms with Gasteiger partial charge in [0.25, 0.3) is 0 Å². The van der Waals surface area contributed by atoms with Gasteiger partial charge in [-0.05, 0) is 31.1 Å². The Hall–Kier alpha value is -0.530. The Bertz CT molecular complexity index is 166. The second-order valence-electron chi connectivity index (χ2n) is 4.05. The number of hydrogen-bond donors (Lipinski definition) is 1. The monoisotopic (exact) mass is 154 g/mol. The number of carbonyl (C=O) groups is 1. The fourth-order valence-electron chi connectivity index (χ4n) is 1.95. The summed E-state index contributed by atoms with van der Waals surface area (Å²) in [6, 6.07) is 0. The first-order valence-electron chi connectivity index (χ1n) is 4.48. The lowest BCUT2D eigenvalue weighted by Crippen LogP contribution is -2.30. The van der Waals surface area contributed by atoms with Gasteiger partial charge < -0.3 is 5.11 Å². The highest BCUT2D eigenvalue weighted by Crippen LogP contribution is 2.44. The predicted molar refractivity (Wildman–Crippen MR) is 41.2 cm³/mol. The van der Waals surface area contributed by atoms with E-state index in [-0.39, 0.29) is 5.92 Å². The van der Waals surface area contributed by atoms with Gasteiger partial charge in [0.05, 0.1) is 5.92 Å². The first-order valence-corrected chi connectivity index (χ1v) is 4.48. The average Bonchev–Trinajstić information content (AvgIpc) is 2.58. The molecule has 2 aliphatic rings. The number of rotatable bonds is 3. The smallest absolute Gasteiger partial charge is 0.306 e. The lowest BCUT2D eigenvalue weighted by Gasteiger charge is -2.32. The zero-order valence-corrected chi connectivity index (χ0v) is 6.62. The van der Waals surface area contributed by atoms with Crippen molar-refractivity contribution < 1.29 is 9.90 Å². The van der Waals surface area contributed by atoms with Crippen LogP contribution in [0.5, 0.6) is 0 Å². The molecule has 0 heterocycles. The van der Waals surface area contributed by atoms with E-state index in [1.165, 1.54) is 19.3 Å². The van der Waals surface area contributed by atoms with Crippen molar-refractivity contribution >= 4 is 5.97 Å². The van der Waals surface area contributed by atoms with Crippen molar-refractivity contribution in [2.75, 3.05) is 0 Å². The van der Waals surface area contributed by atoms with Gasteiger partial charge in [0.15, 0.2) is 0 Å². The Balaban J connectivity index is 1.66. The normalized spacial score (nSPS) is 36.4. The molecule has 1 N–H and O–H groups in total. The van der Waals surface area contributed by atoms with Gasteiger partial charge in [-0.1, -0.05) is 12.8 Å². The van der Waals surface area contributed by atoms with E-state index in [4.69, 9.17) is 5.11 Å². The highest BCUT2D eigenvalue weighted by atomic mass is 16.4. The Kier molecular flexibility index (Phi) is 1.63. The van der Waals surface area contributed by atoms with Crippen molar-refractivity contribution in [1.29, 1.82) is 0 Å². The summed E-state index contributed by atoms with van der Waals surface area (Å²) in [7, 11) is 0. The van der Waals surface area contributed by atoms with E-state index in [9.17, 15) is 4.79 Å². The second kappa shape index (κ2) is 2.50. The molecule has 0 bridgehead atoms. The third kappa shape index (κ3) is 1.55. The highest BCUT2D eigenvalue weighted by molar-refractivity contribution is 5.71. The van der Waals surface area contributed by atoms with Crippen LogP contribution < -0.4 is 0 Å².